The van der Waals surface area contributed by atoms with Crippen LogP contribution in [-0.2, 0) is 4.79 Å². The Balaban J connectivity index is 1.74. The standard InChI is InChI=1S/C18H19N3O4/c1-25-16-11-13(7-8-15(16)22)12-20-21-17(23)9-10-19-18(24)14-5-3-2-4-6-14/h2-8,11-12,22H,9-10H2,1H3,(H,19,24)(H,21,23). The molecule has 0 bridgehead atoms. The first-order valence-corrected chi connectivity index (χ1v) is 7.62. The van der Waals surface area contributed by atoms with Crippen LogP contribution in [0.25, 0.3) is 0 Å². The number of nitrogens with zero attached hydrogens (tertiary/aromatic N) is 1. The summed E-state index contributed by atoms with van der Waals surface area (Å²) in [5.41, 5.74) is 3.58. The maximum atomic E-state index is 11.8. The van der Waals surface area contributed by atoms with Crippen LogP contribution < -0.4 is 15.5 Å². The number of benzene rings is 2. The summed E-state index contributed by atoms with van der Waals surface area (Å²) in [5, 5.41) is 16.0. The molecule has 0 aliphatic heterocycles. The zero-order chi connectivity index (χ0) is 18.1. The minimum Gasteiger partial charge on any atom is -0.504 e. The van der Waals surface area contributed by atoms with Gasteiger partial charge >= 0.3 is 0 Å². The van der Waals surface area contributed by atoms with Gasteiger partial charge < -0.3 is 15.2 Å². The largest absolute Gasteiger partial charge is 0.504 e. The summed E-state index contributed by atoms with van der Waals surface area (Å²) >= 11 is 0. The number of amides is 2. The van der Waals surface area contributed by atoms with Crippen LogP contribution in [0.2, 0.25) is 0 Å². The molecule has 0 aliphatic carbocycles. The van der Waals surface area contributed by atoms with E-state index in [2.05, 4.69) is 15.8 Å². The Morgan fingerprint density at radius 1 is 1.20 bits per heavy atom. The van der Waals surface area contributed by atoms with Crippen molar-refractivity contribution in [1.82, 2.24) is 10.7 Å². The minimum atomic E-state index is -0.324. The molecule has 0 spiro atoms. The van der Waals surface area contributed by atoms with Crippen LogP contribution in [0.15, 0.2) is 53.6 Å². The van der Waals surface area contributed by atoms with Crippen molar-refractivity contribution in [3.8, 4) is 11.5 Å². The van der Waals surface area contributed by atoms with Gasteiger partial charge in [-0.3, -0.25) is 9.59 Å². The number of aromatic hydroxyl groups is 1. The smallest absolute Gasteiger partial charge is 0.251 e. The van der Waals surface area contributed by atoms with E-state index in [0.29, 0.717) is 16.9 Å². The third kappa shape index (κ3) is 5.65. The van der Waals surface area contributed by atoms with E-state index in [4.69, 9.17) is 4.74 Å². The molecular formula is C18H19N3O4. The van der Waals surface area contributed by atoms with E-state index in [9.17, 15) is 14.7 Å². The quantitative estimate of drug-likeness (QED) is 0.527. The number of carbonyl (C=O) groups is 2. The first-order chi connectivity index (χ1) is 12.1. The molecule has 7 heteroatoms. The molecule has 0 saturated heterocycles. The molecule has 0 radical (unpaired) electrons. The number of phenols is 1. The van der Waals surface area contributed by atoms with Crippen molar-refractivity contribution < 1.29 is 19.4 Å². The Hall–Kier alpha value is -3.35. The first kappa shape index (κ1) is 18.0. The predicted octanol–water partition coefficient (Wildman–Crippen LogP) is 1.67. The molecule has 0 atom stereocenters. The molecule has 2 aromatic carbocycles. The topological polar surface area (TPSA) is 100 Å². The summed E-state index contributed by atoms with van der Waals surface area (Å²) in [7, 11) is 1.45. The number of nitrogens with one attached hydrogen (secondary N) is 2. The molecule has 2 amide bonds. The number of hydrogen-bond donors (Lipinski definition) is 3. The molecule has 130 valence electrons. The number of carbonyl (C=O) groups excluding carboxylic acids is 2. The van der Waals surface area contributed by atoms with Crippen molar-refractivity contribution in [1.29, 1.82) is 0 Å². The van der Waals surface area contributed by atoms with Gasteiger partial charge in [-0.25, -0.2) is 5.43 Å². The van der Waals surface area contributed by atoms with Gasteiger partial charge in [-0.1, -0.05) is 18.2 Å². The molecule has 0 fully saturated rings. The molecule has 2 rings (SSSR count). The molecule has 0 aromatic heterocycles. The van der Waals surface area contributed by atoms with E-state index in [-0.39, 0.29) is 30.5 Å². The van der Waals surface area contributed by atoms with Crippen LogP contribution in [0.5, 0.6) is 11.5 Å². The number of hydrazone groups is 1. The van der Waals surface area contributed by atoms with Crippen LogP contribution in [-0.4, -0.2) is 36.8 Å². The zero-order valence-electron chi connectivity index (χ0n) is 13.7. The van der Waals surface area contributed by atoms with Crippen molar-refractivity contribution in [3.05, 3.63) is 59.7 Å². The van der Waals surface area contributed by atoms with E-state index < -0.39 is 0 Å². The van der Waals surface area contributed by atoms with Crippen molar-refractivity contribution in [2.45, 2.75) is 6.42 Å². The molecule has 0 aliphatic rings. The van der Waals surface area contributed by atoms with Gasteiger partial charge in [-0.15, -0.1) is 0 Å². The number of rotatable bonds is 7. The maximum absolute atomic E-state index is 11.8. The SMILES string of the molecule is COc1cc(C=NNC(=O)CCNC(=O)c2ccccc2)ccc1O. The van der Waals surface area contributed by atoms with Gasteiger partial charge in [0.2, 0.25) is 5.91 Å². The molecule has 2 aromatic rings. The van der Waals surface area contributed by atoms with Crippen molar-refractivity contribution in [2.24, 2.45) is 5.10 Å². The second kappa shape index (κ2) is 9.07. The lowest BCUT2D eigenvalue weighted by atomic mass is 10.2. The molecule has 25 heavy (non-hydrogen) atoms. The summed E-state index contributed by atoms with van der Waals surface area (Å²) in [4.78, 5) is 23.5. The average Bonchev–Trinajstić information content (AvgIpc) is 2.63. The summed E-state index contributed by atoms with van der Waals surface area (Å²) in [6, 6.07) is 13.5. The Bertz CT molecular complexity index is 760. The minimum absolute atomic E-state index is 0.0258. The summed E-state index contributed by atoms with van der Waals surface area (Å²) < 4.78 is 4.99. The van der Waals surface area contributed by atoms with Gasteiger partial charge in [0, 0.05) is 18.5 Å². The van der Waals surface area contributed by atoms with Gasteiger partial charge in [-0.2, -0.15) is 5.10 Å². The van der Waals surface area contributed by atoms with Gasteiger partial charge in [0.15, 0.2) is 11.5 Å². The van der Waals surface area contributed by atoms with E-state index >= 15 is 0 Å². The molecule has 3 N–H and O–H groups in total. The Labute approximate surface area is 145 Å². The van der Waals surface area contributed by atoms with E-state index in [0.717, 1.165) is 0 Å². The van der Waals surface area contributed by atoms with Gasteiger partial charge in [0.05, 0.1) is 13.3 Å². The normalized spacial score (nSPS) is 10.4. The summed E-state index contributed by atoms with van der Waals surface area (Å²) in [6.45, 7) is 0.210. The number of hydrogen-bond acceptors (Lipinski definition) is 5. The number of ether oxygens (including phenoxy) is 1. The average molecular weight is 341 g/mol. The number of methoxy groups -OCH3 is 1. The Morgan fingerprint density at radius 3 is 2.68 bits per heavy atom. The second-order valence-corrected chi connectivity index (χ2v) is 5.10. The highest BCUT2D eigenvalue weighted by Gasteiger charge is 2.05. The van der Waals surface area contributed by atoms with E-state index in [1.807, 2.05) is 6.07 Å². The van der Waals surface area contributed by atoms with Gasteiger partial charge in [0.25, 0.3) is 5.91 Å². The molecular weight excluding hydrogens is 322 g/mol. The molecule has 0 unspecified atom stereocenters. The van der Waals surface area contributed by atoms with Crippen LogP contribution in [0.1, 0.15) is 22.3 Å². The lowest BCUT2D eigenvalue weighted by molar-refractivity contribution is -0.120. The van der Waals surface area contributed by atoms with Gasteiger partial charge in [0.1, 0.15) is 0 Å². The van der Waals surface area contributed by atoms with Crippen LogP contribution in [0, 0.1) is 0 Å². The monoisotopic (exact) mass is 341 g/mol. The van der Waals surface area contributed by atoms with E-state index in [1.54, 1.807) is 36.4 Å². The van der Waals surface area contributed by atoms with Crippen LogP contribution >= 0.6 is 0 Å². The van der Waals surface area contributed by atoms with Crippen molar-refractivity contribution in [2.75, 3.05) is 13.7 Å². The third-order valence-corrected chi connectivity index (χ3v) is 3.28. The Kier molecular flexibility index (Phi) is 6.53. The van der Waals surface area contributed by atoms with Crippen molar-refractivity contribution in [3.63, 3.8) is 0 Å². The molecule has 7 nitrogen and oxygen atoms in total. The highest BCUT2D eigenvalue weighted by Crippen LogP contribution is 2.25. The Morgan fingerprint density at radius 2 is 1.96 bits per heavy atom. The van der Waals surface area contributed by atoms with Crippen LogP contribution in [0.4, 0.5) is 0 Å². The highest BCUT2D eigenvalue weighted by atomic mass is 16.5. The number of phenolic OH excluding ortho intramolecular Hbond substituents is 1. The fraction of sp³-hybridized carbons (Fsp3) is 0.167. The lowest BCUT2D eigenvalue weighted by Gasteiger charge is -2.05. The lowest BCUT2D eigenvalue weighted by Crippen LogP contribution is -2.28. The fourth-order valence-corrected chi connectivity index (χ4v) is 1.99. The zero-order valence-corrected chi connectivity index (χ0v) is 13.7. The first-order valence-electron chi connectivity index (χ1n) is 7.62. The second-order valence-electron chi connectivity index (χ2n) is 5.10. The molecule has 0 saturated carbocycles. The maximum Gasteiger partial charge on any atom is 0.251 e. The highest BCUT2D eigenvalue weighted by molar-refractivity contribution is 5.94. The predicted molar refractivity (Wildman–Crippen MR) is 93.8 cm³/mol. The summed E-state index contributed by atoms with van der Waals surface area (Å²) in [5.74, 6) is -0.208. The fourth-order valence-electron chi connectivity index (χ4n) is 1.99. The molecule has 0 heterocycles. The third-order valence-electron chi connectivity index (χ3n) is 3.28. The van der Waals surface area contributed by atoms with Crippen molar-refractivity contribution >= 4 is 18.0 Å². The van der Waals surface area contributed by atoms with Gasteiger partial charge in [-0.05, 0) is 35.9 Å². The summed E-state index contributed by atoms with van der Waals surface area (Å²) in [6.07, 6.45) is 1.54. The van der Waals surface area contributed by atoms with Crippen LogP contribution in [0.3, 0.4) is 0 Å². The van der Waals surface area contributed by atoms with E-state index in [1.165, 1.54) is 19.4 Å².